The van der Waals surface area contributed by atoms with Gasteiger partial charge in [-0.15, -0.1) is 0 Å². The van der Waals surface area contributed by atoms with Crippen LogP contribution < -0.4 is 4.90 Å². The molecule has 3 nitrogen and oxygen atoms in total. The fourth-order valence-corrected chi connectivity index (χ4v) is 3.07. The van der Waals surface area contributed by atoms with Crippen molar-refractivity contribution in [3.8, 4) is 0 Å². The maximum Gasteiger partial charge on any atom is 0.138 e. The largest absolute Gasteiger partial charge is 0.356 e. The van der Waals surface area contributed by atoms with Gasteiger partial charge in [0.25, 0.3) is 0 Å². The van der Waals surface area contributed by atoms with Crippen molar-refractivity contribution in [1.82, 2.24) is 9.97 Å². The molecule has 2 heterocycles. The Balaban J connectivity index is 2.22. The highest BCUT2D eigenvalue weighted by atomic mass is 35.5. The van der Waals surface area contributed by atoms with Crippen LogP contribution in [0.5, 0.6) is 0 Å². The van der Waals surface area contributed by atoms with Gasteiger partial charge < -0.3 is 4.90 Å². The fourth-order valence-electron chi connectivity index (χ4n) is 2.73. The van der Waals surface area contributed by atoms with Gasteiger partial charge in [-0.2, -0.15) is 0 Å². The van der Waals surface area contributed by atoms with Gasteiger partial charge in [-0.25, -0.2) is 9.97 Å². The Kier molecular flexibility index (Phi) is 4.34. The maximum absolute atomic E-state index is 6.25. The zero-order chi connectivity index (χ0) is 14.0. The lowest BCUT2D eigenvalue weighted by molar-refractivity contribution is 0.237. The average Bonchev–Trinajstić information content (AvgIpc) is 2.39. The minimum absolute atomic E-state index is 0.350. The third kappa shape index (κ3) is 3.02. The Hall–Kier alpha value is -0.830. The van der Waals surface area contributed by atoms with Crippen LogP contribution in [-0.2, 0) is 0 Å². The van der Waals surface area contributed by atoms with E-state index in [1.165, 1.54) is 19.3 Å². The summed E-state index contributed by atoms with van der Waals surface area (Å²) < 4.78 is 0. The average molecular weight is 282 g/mol. The van der Waals surface area contributed by atoms with Crippen LogP contribution in [-0.4, -0.2) is 23.1 Å². The molecule has 1 aromatic heterocycles. The van der Waals surface area contributed by atoms with E-state index < -0.39 is 0 Å². The maximum atomic E-state index is 6.25. The molecule has 0 N–H and O–H groups in total. The summed E-state index contributed by atoms with van der Waals surface area (Å²) in [6.07, 6.45) is 5.28. The Morgan fingerprint density at radius 3 is 2.47 bits per heavy atom. The number of halogens is 1. The van der Waals surface area contributed by atoms with E-state index in [0.29, 0.717) is 16.5 Å². The van der Waals surface area contributed by atoms with Crippen LogP contribution in [0, 0.1) is 5.41 Å². The molecule has 0 amide bonds. The SMILES string of the molecule is CCC1(C)CCN(c2ncnc(Cl)c2C(C)C)CC1. The van der Waals surface area contributed by atoms with Crippen molar-refractivity contribution in [2.45, 2.75) is 52.9 Å². The lowest BCUT2D eigenvalue weighted by Crippen LogP contribution is -2.39. The second kappa shape index (κ2) is 5.66. The molecule has 1 saturated heterocycles. The van der Waals surface area contributed by atoms with Crippen molar-refractivity contribution in [1.29, 1.82) is 0 Å². The van der Waals surface area contributed by atoms with Crippen molar-refractivity contribution in [3.63, 3.8) is 0 Å². The summed E-state index contributed by atoms with van der Waals surface area (Å²) in [5, 5.41) is 0.601. The number of hydrogen-bond acceptors (Lipinski definition) is 3. The van der Waals surface area contributed by atoms with Crippen molar-refractivity contribution >= 4 is 17.4 Å². The molecule has 0 aliphatic carbocycles. The van der Waals surface area contributed by atoms with Gasteiger partial charge >= 0.3 is 0 Å². The zero-order valence-electron chi connectivity index (χ0n) is 12.4. The monoisotopic (exact) mass is 281 g/mol. The molecule has 0 unspecified atom stereocenters. The summed E-state index contributed by atoms with van der Waals surface area (Å²) in [7, 11) is 0. The molecule has 1 aromatic rings. The minimum Gasteiger partial charge on any atom is -0.356 e. The number of piperidine rings is 1. The predicted octanol–water partition coefficient (Wildman–Crippen LogP) is 4.27. The van der Waals surface area contributed by atoms with Gasteiger partial charge in [0.15, 0.2) is 0 Å². The molecule has 0 spiro atoms. The van der Waals surface area contributed by atoms with Crippen LogP contribution in [0.3, 0.4) is 0 Å². The highest BCUT2D eigenvalue weighted by Crippen LogP contribution is 2.38. The number of rotatable bonds is 3. The van der Waals surface area contributed by atoms with Gasteiger partial charge in [0.2, 0.25) is 0 Å². The lowest BCUT2D eigenvalue weighted by Gasteiger charge is -2.40. The molecule has 2 rings (SSSR count). The Labute approximate surface area is 121 Å². The van der Waals surface area contributed by atoms with Gasteiger partial charge in [0.05, 0.1) is 0 Å². The number of hydrogen-bond donors (Lipinski definition) is 0. The van der Waals surface area contributed by atoms with Gasteiger partial charge in [0.1, 0.15) is 17.3 Å². The second-order valence-corrected chi connectivity index (χ2v) is 6.57. The van der Waals surface area contributed by atoms with E-state index in [1.54, 1.807) is 6.33 Å². The van der Waals surface area contributed by atoms with Crippen LogP contribution in [0.4, 0.5) is 5.82 Å². The van der Waals surface area contributed by atoms with E-state index in [1.807, 2.05) is 0 Å². The van der Waals surface area contributed by atoms with Crippen LogP contribution in [0.15, 0.2) is 6.33 Å². The quantitative estimate of drug-likeness (QED) is 0.775. The number of anilines is 1. The molecule has 19 heavy (non-hydrogen) atoms. The second-order valence-electron chi connectivity index (χ2n) is 6.21. The molecule has 0 aromatic carbocycles. The van der Waals surface area contributed by atoms with Crippen LogP contribution in [0.25, 0.3) is 0 Å². The molecule has 1 aliphatic rings. The summed E-state index contributed by atoms with van der Waals surface area (Å²) in [6.45, 7) is 11.1. The first-order chi connectivity index (χ1) is 8.97. The molecule has 0 saturated carbocycles. The summed E-state index contributed by atoms with van der Waals surface area (Å²) in [5.74, 6) is 1.39. The first-order valence-corrected chi connectivity index (χ1v) is 7.60. The molecule has 1 fully saturated rings. The summed E-state index contributed by atoms with van der Waals surface area (Å²) in [4.78, 5) is 11.0. The normalized spacial score (nSPS) is 18.9. The summed E-state index contributed by atoms with van der Waals surface area (Å²) in [6, 6.07) is 0. The fraction of sp³-hybridized carbons (Fsp3) is 0.733. The van der Waals surface area contributed by atoms with Gasteiger partial charge in [-0.3, -0.25) is 0 Å². The topological polar surface area (TPSA) is 29.0 Å². The Morgan fingerprint density at radius 1 is 1.32 bits per heavy atom. The van der Waals surface area contributed by atoms with E-state index in [-0.39, 0.29) is 0 Å². The van der Waals surface area contributed by atoms with E-state index >= 15 is 0 Å². The minimum atomic E-state index is 0.350. The van der Waals surface area contributed by atoms with Crippen molar-refractivity contribution in [3.05, 3.63) is 17.0 Å². The molecule has 4 heteroatoms. The molecule has 106 valence electrons. The first-order valence-electron chi connectivity index (χ1n) is 7.22. The highest BCUT2D eigenvalue weighted by molar-refractivity contribution is 6.30. The number of aromatic nitrogens is 2. The molecular formula is C15H24ClN3. The smallest absolute Gasteiger partial charge is 0.138 e. The molecule has 1 aliphatic heterocycles. The van der Waals surface area contributed by atoms with Crippen LogP contribution in [0.2, 0.25) is 5.15 Å². The standard InChI is InChI=1S/C15H24ClN3/c1-5-15(4)6-8-19(9-7-15)14-12(11(2)3)13(16)17-10-18-14/h10-11H,5-9H2,1-4H3. The highest BCUT2D eigenvalue weighted by Gasteiger charge is 2.30. The summed E-state index contributed by atoms with van der Waals surface area (Å²) >= 11 is 6.25. The van der Waals surface area contributed by atoms with Crippen LogP contribution >= 0.6 is 11.6 Å². The Bertz CT molecular complexity index is 437. The van der Waals surface area contributed by atoms with E-state index in [4.69, 9.17) is 11.6 Å². The summed E-state index contributed by atoms with van der Waals surface area (Å²) in [5.41, 5.74) is 1.58. The molecule has 0 atom stereocenters. The number of nitrogens with zero attached hydrogens (tertiary/aromatic N) is 3. The van der Waals surface area contributed by atoms with E-state index in [9.17, 15) is 0 Å². The van der Waals surface area contributed by atoms with Gasteiger partial charge in [-0.05, 0) is 24.2 Å². The van der Waals surface area contributed by atoms with Gasteiger partial charge in [-0.1, -0.05) is 45.7 Å². The van der Waals surface area contributed by atoms with E-state index in [0.717, 1.165) is 24.5 Å². The van der Waals surface area contributed by atoms with Crippen molar-refractivity contribution < 1.29 is 0 Å². The first kappa shape index (κ1) is 14.6. The molecule has 0 radical (unpaired) electrons. The lowest BCUT2D eigenvalue weighted by atomic mass is 9.78. The molecular weight excluding hydrogens is 258 g/mol. The van der Waals surface area contributed by atoms with Crippen molar-refractivity contribution in [2.75, 3.05) is 18.0 Å². The molecule has 0 bridgehead atoms. The Morgan fingerprint density at radius 2 is 1.95 bits per heavy atom. The third-order valence-corrected chi connectivity index (χ3v) is 4.82. The zero-order valence-corrected chi connectivity index (χ0v) is 13.2. The van der Waals surface area contributed by atoms with Crippen molar-refractivity contribution in [2.24, 2.45) is 5.41 Å². The van der Waals surface area contributed by atoms with E-state index in [2.05, 4.69) is 42.6 Å². The predicted molar refractivity (Wildman–Crippen MR) is 81.0 cm³/mol. The van der Waals surface area contributed by atoms with Gasteiger partial charge in [0, 0.05) is 18.7 Å². The van der Waals surface area contributed by atoms with Crippen LogP contribution in [0.1, 0.15) is 58.4 Å². The third-order valence-electron chi connectivity index (χ3n) is 4.52.